The van der Waals surface area contributed by atoms with Gasteiger partial charge in [0.2, 0.25) is 6.43 Å². The van der Waals surface area contributed by atoms with Crippen LogP contribution in [-0.4, -0.2) is 17.3 Å². The van der Waals surface area contributed by atoms with Crippen molar-refractivity contribution in [3.63, 3.8) is 0 Å². The summed E-state index contributed by atoms with van der Waals surface area (Å²) in [6.45, 7) is 0. The van der Waals surface area contributed by atoms with Crippen molar-refractivity contribution in [1.29, 1.82) is 0 Å². The number of benzene rings is 1. The smallest absolute Gasteiger partial charge is 0.253 e. The van der Waals surface area contributed by atoms with Gasteiger partial charge in [-0.3, -0.25) is 4.79 Å². The Labute approximate surface area is 134 Å². The topological polar surface area (TPSA) is 44.9 Å². The number of aromatic amines is 1. The zero-order valence-corrected chi connectivity index (χ0v) is 12.8. The Hall–Kier alpha value is -2.17. The molecule has 0 spiro atoms. The van der Waals surface area contributed by atoms with Crippen LogP contribution in [0.25, 0.3) is 0 Å². The molecular formula is C18H20F2N2O. The number of carbonyl (C=O) groups excluding carboxylic acids is 1. The first-order valence-corrected chi connectivity index (χ1v) is 7.96. The number of nitrogens with one attached hydrogen (secondary N) is 2. The number of rotatable bonds is 6. The average Bonchev–Trinajstić information content (AvgIpc) is 2.94. The Balaban J connectivity index is 1.77. The second-order valence-corrected chi connectivity index (χ2v) is 6.00. The monoisotopic (exact) mass is 318 g/mol. The van der Waals surface area contributed by atoms with Crippen LogP contribution in [0, 0.1) is 0 Å². The van der Waals surface area contributed by atoms with Crippen molar-refractivity contribution in [2.45, 2.75) is 44.1 Å². The molecule has 1 aromatic carbocycles. The zero-order chi connectivity index (χ0) is 16.2. The predicted octanol–water partition coefficient (Wildman–Crippen LogP) is 4.41. The van der Waals surface area contributed by atoms with E-state index in [1.807, 2.05) is 6.07 Å². The lowest BCUT2D eigenvalue weighted by Gasteiger charge is -2.26. The standard InChI is InChI=1S/C18H20F2N2O/c19-16(20)11-15(12-5-2-1-3-6-12)22-18(23)14-9-10-21-17(14)13-7-4-8-13/h1-3,5-6,9-10,13,15-16,21H,4,7-8,11H2,(H,22,23). The van der Waals surface area contributed by atoms with E-state index in [1.165, 1.54) is 6.42 Å². The van der Waals surface area contributed by atoms with E-state index in [2.05, 4.69) is 10.3 Å². The van der Waals surface area contributed by atoms with Gasteiger partial charge in [-0.25, -0.2) is 8.78 Å². The molecule has 3 nitrogen and oxygen atoms in total. The van der Waals surface area contributed by atoms with Crippen molar-refractivity contribution in [3.05, 3.63) is 59.4 Å². The van der Waals surface area contributed by atoms with Gasteiger partial charge in [0.1, 0.15) is 0 Å². The Bertz CT molecular complexity index is 650. The van der Waals surface area contributed by atoms with Gasteiger partial charge in [-0.15, -0.1) is 0 Å². The van der Waals surface area contributed by atoms with Crippen LogP contribution in [0.2, 0.25) is 0 Å². The highest BCUT2D eigenvalue weighted by Crippen LogP contribution is 2.37. The highest BCUT2D eigenvalue weighted by molar-refractivity contribution is 5.95. The molecule has 2 aromatic rings. The summed E-state index contributed by atoms with van der Waals surface area (Å²) in [5.41, 5.74) is 2.20. The molecule has 1 amide bonds. The fourth-order valence-corrected chi connectivity index (χ4v) is 2.99. The van der Waals surface area contributed by atoms with Gasteiger partial charge in [0.15, 0.2) is 0 Å². The third kappa shape index (κ3) is 3.60. The number of alkyl halides is 2. The van der Waals surface area contributed by atoms with Crippen molar-refractivity contribution in [2.24, 2.45) is 0 Å². The van der Waals surface area contributed by atoms with E-state index in [1.54, 1.807) is 36.5 Å². The minimum atomic E-state index is -2.47. The van der Waals surface area contributed by atoms with E-state index in [0.29, 0.717) is 17.0 Å². The molecule has 1 fully saturated rings. The summed E-state index contributed by atoms with van der Waals surface area (Å²) in [7, 11) is 0. The average molecular weight is 318 g/mol. The Kier molecular flexibility index (Phi) is 4.74. The highest BCUT2D eigenvalue weighted by atomic mass is 19.3. The quantitative estimate of drug-likeness (QED) is 0.814. The summed E-state index contributed by atoms with van der Waals surface area (Å²) in [5, 5.41) is 2.77. The third-order valence-electron chi connectivity index (χ3n) is 4.46. The van der Waals surface area contributed by atoms with Crippen LogP contribution in [0.5, 0.6) is 0 Å². The summed E-state index contributed by atoms with van der Waals surface area (Å²) in [4.78, 5) is 15.7. The van der Waals surface area contributed by atoms with Gasteiger partial charge in [0.05, 0.1) is 11.6 Å². The van der Waals surface area contributed by atoms with Crippen LogP contribution in [0.4, 0.5) is 8.78 Å². The maximum Gasteiger partial charge on any atom is 0.253 e. The molecule has 122 valence electrons. The Morgan fingerprint density at radius 2 is 1.96 bits per heavy atom. The van der Waals surface area contributed by atoms with E-state index in [9.17, 15) is 13.6 Å². The summed E-state index contributed by atoms with van der Waals surface area (Å²) in [6.07, 6.45) is 2.19. The summed E-state index contributed by atoms with van der Waals surface area (Å²) >= 11 is 0. The van der Waals surface area contributed by atoms with Crippen LogP contribution in [0.15, 0.2) is 42.6 Å². The molecule has 0 saturated heterocycles. The fraction of sp³-hybridized carbons (Fsp3) is 0.389. The molecule has 0 aliphatic heterocycles. The lowest BCUT2D eigenvalue weighted by Crippen LogP contribution is -2.31. The SMILES string of the molecule is O=C(NC(CC(F)F)c1ccccc1)c1cc[nH]c1C1CCC1. The molecule has 1 heterocycles. The first-order valence-electron chi connectivity index (χ1n) is 7.96. The second-order valence-electron chi connectivity index (χ2n) is 6.00. The number of H-pyrrole nitrogens is 1. The van der Waals surface area contributed by atoms with Crippen LogP contribution in [-0.2, 0) is 0 Å². The first kappa shape index (κ1) is 15.7. The first-order chi connectivity index (χ1) is 11.1. The summed E-state index contributed by atoms with van der Waals surface area (Å²) in [5.74, 6) is 0.0960. The van der Waals surface area contributed by atoms with E-state index in [0.717, 1.165) is 18.5 Å². The number of amides is 1. The summed E-state index contributed by atoms with van der Waals surface area (Å²) < 4.78 is 25.8. The van der Waals surface area contributed by atoms with Crippen molar-refractivity contribution in [2.75, 3.05) is 0 Å². The Morgan fingerprint density at radius 3 is 2.57 bits per heavy atom. The van der Waals surface area contributed by atoms with Gasteiger partial charge in [-0.05, 0) is 30.4 Å². The maximum absolute atomic E-state index is 12.9. The lowest BCUT2D eigenvalue weighted by molar-refractivity contribution is 0.0885. The molecular weight excluding hydrogens is 298 g/mol. The largest absolute Gasteiger partial charge is 0.364 e. The molecule has 23 heavy (non-hydrogen) atoms. The zero-order valence-electron chi connectivity index (χ0n) is 12.8. The van der Waals surface area contributed by atoms with Crippen molar-refractivity contribution < 1.29 is 13.6 Å². The third-order valence-corrected chi connectivity index (χ3v) is 4.46. The molecule has 1 aromatic heterocycles. The van der Waals surface area contributed by atoms with Crippen molar-refractivity contribution >= 4 is 5.91 Å². The van der Waals surface area contributed by atoms with E-state index in [4.69, 9.17) is 0 Å². The van der Waals surface area contributed by atoms with Crippen LogP contribution in [0.3, 0.4) is 0 Å². The Morgan fingerprint density at radius 1 is 1.22 bits per heavy atom. The molecule has 3 rings (SSSR count). The van der Waals surface area contributed by atoms with Gasteiger partial charge in [0.25, 0.3) is 5.91 Å². The minimum Gasteiger partial charge on any atom is -0.364 e. The van der Waals surface area contributed by atoms with Crippen molar-refractivity contribution in [1.82, 2.24) is 10.3 Å². The van der Waals surface area contributed by atoms with Crippen LogP contribution in [0.1, 0.15) is 59.3 Å². The molecule has 1 aliphatic rings. The van der Waals surface area contributed by atoms with E-state index >= 15 is 0 Å². The van der Waals surface area contributed by atoms with E-state index in [-0.39, 0.29) is 12.3 Å². The van der Waals surface area contributed by atoms with Gasteiger partial charge >= 0.3 is 0 Å². The van der Waals surface area contributed by atoms with Gasteiger partial charge in [0, 0.05) is 18.3 Å². The highest BCUT2D eigenvalue weighted by Gasteiger charge is 2.27. The maximum atomic E-state index is 12.9. The number of hydrogen-bond acceptors (Lipinski definition) is 1. The molecule has 0 radical (unpaired) electrons. The molecule has 5 heteroatoms. The molecule has 1 unspecified atom stereocenters. The van der Waals surface area contributed by atoms with E-state index < -0.39 is 12.5 Å². The summed E-state index contributed by atoms with van der Waals surface area (Å²) in [6, 6.07) is 9.97. The number of hydrogen-bond donors (Lipinski definition) is 2. The molecule has 1 atom stereocenters. The number of aromatic nitrogens is 1. The van der Waals surface area contributed by atoms with Gasteiger partial charge < -0.3 is 10.3 Å². The number of carbonyl (C=O) groups is 1. The van der Waals surface area contributed by atoms with Crippen LogP contribution < -0.4 is 5.32 Å². The fourth-order valence-electron chi connectivity index (χ4n) is 2.99. The van der Waals surface area contributed by atoms with Crippen LogP contribution >= 0.6 is 0 Å². The normalized spacial score (nSPS) is 16.1. The second kappa shape index (κ2) is 6.94. The number of halogens is 2. The molecule has 0 bridgehead atoms. The van der Waals surface area contributed by atoms with Gasteiger partial charge in [-0.1, -0.05) is 36.8 Å². The minimum absolute atomic E-state index is 0.289. The predicted molar refractivity (Wildman–Crippen MR) is 84.7 cm³/mol. The molecule has 2 N–H and O–H groups in total. The molecule has 1 saturated carbocycles. The lowest BCUT2D eigenvalue weighted by atomic mass is 9.81. The van der Waals surface area contributed by atoms with Gasteiger partial charge in [-0.2, -0.15) is 0 Å². The van der Waals surface area contributed by atoms with Crippen molar-refractivity contribution in [3.8, 4) is 0 Å². The molecule has 1 aliphatic carbocycles.